The molecule has 1 atom stereocenters. The van der Waals surface area contributed by atoms with Crippen LogP contribution in [0.1, 0.15) is 115 Å². The number of phosphoric acid groups is 1. The molecule has 1 aromatic heterocycles. The average molecular weight is 527 g/mol. The minimum absolute atomic E-state index is 0.138. The number of aromatic nitrogens is 1. The van der Waals surface area contributed by atoms with E-state index in [2.05, 4.69) is 16.4 Å². The van der Waals surface area contributed by atoms with Gasteiger partial charge in [-0.1, -0.05) is 103 Å². The normalized spacial score (nSPS) is 12.4. The van der Waals surface area contributed by atoms with Crippen molar-refractivity contribution in [3.63, 3.8) is 0 Å². The minimum Gasteiger partial charge on any atom is -0.484 e. The summed E-state index contributed by atoms with van der Waals surface area (Å²) in [6, 6.07) is 5.00. The van der Waals surface area contributed by atoms with Gasteiger partial charge in [0.2, 0.25) is 0 Å². The lowest BCUT2D eigenvalue weighted by Gasteiger charge is -2.19. The fourth-order valence-electron chi connectivity index (χ4n) is 3.97. The zero-order valence-electron chi connectivity index (χ0n) is 22.1. The molecule has 1 aromatic rings. The maximum atomic E-state index is 11.0. The van der Waals surface area contributed by atoms with Gasteiger partial charge in [0.1, 0.15) is 23.6 Å². The molecular formula is C27H47N2O6P. The standard InChI is InChI=1S/C27H47N2O6P/c1-2-3-4-5-6-7-8-9-10-11-12-13-14-15-16-17-20-33-23-27(24-34-36(30,31)32)35-26-19-18-25(21-28)29-22-26/h18-19,22,27H,2-17,20,23-24H2,1H3,(H2,30,31,32). The van der Waals surface area contributed by atoms with Crippen molar-refractivity contribution in [1.82, 2.24) is 4.98 Å². The molecule has 0 bridgehead atoms. The van der Waals surface area contributed by atoms with Crippen LogP contribution >= 0.6 is 7.82 Å². The quantitative estimate of drug-likeness (QED) is 0.108. The van der Waals surface area contributed by atoms with E-state index >= 15 is 0 Å². The van der Waals surface area contributed by atoms with E-state index in [-0.39, 0.29) is 18.9 Å². The first kappa shape index (κ1) is 32.5. The lowest BCUT2D eigenvalue weighted by Crippen LogP contribution is -2.28. The van der Waals surface area contributed by atoms with Gasteiger partial charge in [-0.3, -0.25) is 4.52 Å². The molecule has 0 aromatic carbocycles. The first-order chi connectivity index (χ1) is 17.4. The van der Waals surface area contributed by atoms with E-state index in [0.29, 0.717) is 12.4 Å². The minimum atomic E-state index is -4.61. The van der Waals surface area contributed by atoms with Crippen LogP contribution in [0.25, 0.3) is 0 Å². The summed E-state index contributed by atoms with van der Waals surface area (Å²) in [5.41, 5.74) is 0.255. The smallest absolute Gasteiger partial charge is 0.469 e. The molecule has 0 saturated heterocycles. The molecule has 8 nitrogen and oxygen atoms in total. The predicted octanol–water partition coefficient (Wildman–Crippen LogP) is 7.09. The van der Waals surface area contributed by atoms with Crippen LogP contribution in [-0.4, -0.2) is 40.7 Å². The second-order valence-electron chi connectivity index (χ2n) is 9.40. The zero-order valence-corrected chi connectivity index (χ0v) is 23.0. The summed E-state index contributed by atoms with van der Waals surface area (Å²) in [6.07, 6.45) is 21.6. The van der Waals surface area contributed by atoms with Gasteiger partial charge in [-0.25, -0.2) is 9.55 Å². The molecule has 0 amide bonds. The molecule has 0 aliphatic rings. The summed E-state index contributed by atoms with van der Waals surface area (Å²) in [5.74, 6) is 0.374. The van der Waals surface area contributed by atoms with Gasteiger partial charge in [0.05, 0.1) is 19.4 Å². The molecule has 1 rings (SSSR count). The van der Waals surface area contributed by atoms with Crippen LogP contribution in [0.15, 0.2) is 18.3 Å². The van der Waals surface area contributed by atoms with Crippen molar-refractivity contribution in [3.8, 4) is 11.8 Å². The highest BCUT2D eigenvalue weighted by Crippen LogP contribution is 2.36. The first-order valence-electron chi connectivity index (χ1n) is 13.7. The predicted molar refractivity (Wildman–Crippen MR) is 142 cm³/mol. The van der Waals surface area contributed by atoms with Gasteiger partial charge in [-0.15, -0.1) is 0 Å². The Morgan fingerprint density at radius 2 is 1.39 bits per heavy atom. The van der Waals surface area contributed by atoms with E-state index in [4.69, 9.17) is 24.5 Å². The fraction of sp³-hybridized carbons (Fsp3) is 0.778. The third-order valence-electron chi connectivity index (χ3n) is 6.03. The van der Waals surface area contributed by atoms with Crippen molar-refractivity contribution in [1.29, 1.82) is 5.26 Å². The number of hydrogen-bond donors (Lipinski definition) is 2. The molecule has 36 heavy (non-hydrogen) atoms. The molecule has 0 fully saturated rings. The summed E-state index contributed by atoms with van der Waals surface area (Å²) in [5, 5.41) is 8.83. The van der Waals surface area contributed by atoms with Crippen LogP contribution in [0.2, 0.25) is 0 Å². The molecule has 0 aliphatic carbocycles. The Hall–Kier alpha value is -1.49. The average Bonchev–Trinajstić information content (AvgIpc) is 2.86. The topological polar surface area (TPSA) is 122 Å². The number of nitrogens with zero attached hydrogens (tertiary/aromatic N) is 2. The Balaban J connectivity index is 2.03. The van der Waals surface area contributed by atoms with Crippen LogP contribution in [0, 0.1) is 11.3 Å². The van der Waals surface area contributed by atoms with Crippen molar-refractivity contribution in [3.05, 3.63) is 24.0 Å². The summed E-state index contributed by atoms with van der Waals surface area (Å²) < 4.78 is 27.0. The molecule has 9 heteroatoms. The summed E-state index contributed by atoms with van der Waals surface area (Å²) in [4.78, 5) is 21.9. The summed E-state index contributed by atoms with van der Waals surface area (Å²) >= 11 is 0. The lowest BCUT2D eigenvalue weighted by molar-refractivity contribution is 0.0178. The van der Waals surface area contributed by atoms with Crippen LogP contribution in [0.4, 0.5) is 0 Å². The molecule has 0 aliphatic heterocycles. The van der Waals surface area contributed by atoms with Crippen LogP contribution in [0.5, 0.6) is 5.75 Å². The molecule has 206 valence electrons. The second kappa shape index (κ2) is 21.6. The van der Waals surface area contributed by atoms with E-state index in [1.807, 2.05) is 6.07 Å². The Labute approximate surface area is 218 Å². The van der Waals surface area contributed by atoms with Gasteiger partial charge < -0.3 is 19.3 Å². The molecule has 0 saturated carbocycles. The van der Waals surface area contributed by atoms with Crippen molar-refractivity contribution < 1.29 is 28.3 Å². The number of pyridine rings is 1. The highest BCUT2D eigenvalue weighted by Gasteiger charge is 2.20. The largest absolute Gasteiger partial charge is 0.484 e. The Bertz CT molecular complexity index is 735. The van der Waals surface area contributed by atoms with E-state index in [0.717, 1.165) is 12.8 Å². The Kier molecular flexibility index (Phi) is 19.5. The van der Waals surface area contributed by atoms with Crippen molar-refractivity contribution >= 4 is 7.82 Å². The van der Waals surface area contributed by atoms with E-state index in [1.54, 1.807) is 6.07 Å². The Morgan fingerprint density at radius 3 is 1.83 bits per heavy atom. The second-order valence-corrected chi connectivity index (χ2v) is 10.6. The lowest BCUT2D eigenvalue weighted by atomic mass is 10.0. The van der Waals surface area contributed by atoms with Crippen LogP contribution in [0.3, 0.4) is 0 Å². The third kappa shape index (κ3) is 19.7. The van der Waals surface area contributed by atoms with Gasteiger partial charge >= 0.3 is 7.82 Å². The summed E-state index contributed by atoms with van der Waals surface area (Å²) in [6.45, 7) is 2.64. The SMILES string of the molecule is CCCCCCCCCCCCCCCCCCOCC(COP(=O)(O)O)Oc1ccc(C#N)nc1. The molecule has 1 unspecified atom stereocenters. The third-order valence-corrected chi connectivity index (χ3v) is 6.51. The van der Waals surface area contributed by atoms with Crippen molar-refractivity contribution in [2.75, 3.05) is 19.8 Å². The van der Waals surface area contributed by atoms with Crippen molar-refractivity contribution in [2.45, 2.75) is 116 Å². The number of unbranched alkanes of at least 4 members (excludes halogenated alkanes) is 15. The maximum absolute atomic E-state index is 11.0. The van der Waals surface area contributed by atoms with Crippen molar-refractivity contribution in [2.24, 2.45) is 0 Å². The fourth-order valence-corrected chi connectivity index (χ4v) is 4.33. The highest BCUT2D eigenvalue weighted by atomic mass is 31.2. The number of nitriles is 1. The van der Waals surface area contributed by atoms with Gasteiger partial charge in [0, 0.05) is 6.61 Å². The molecule has 2 N–H and O–H groups in total. The Morgan fingerprint density at radius 1 is 0.861 bits per heavy atom. The molecule has 0 radical (unpaired) electrons. The zero-order chi connectivity index (χ0) is 26.3. The van der Waals surface area contributed by atoms with Gasteiger partial charge in [0.25, 0.3) is 0 Å². The highest BCUT2D eigenvalue weighted by molar-refractivity contribution is 7.46. The van der Waals surface area contributed by atoms with E-state index < -0.39 is 13.9 Å². The monoisotopic (exact) mass is 526 g/mol. The number of phosphoric ester groups is 1. The molecule has 1 heterocycles. The number of hydrogen-bond acceptors (Lipinski definition) is 6. The first-order valence-corrected chi connectivity index (χ1v) is 15.3. The maximum Gasteiger partial charge on any atom is 0.469 e. The van der Waals surface area contributed by atoms with E-state index in [9.17, 15) is 4.57 Å². The van der Waals surface area contributed by atoms with E-state index in [1.165, 1.54) is 102 Å². The number of rotatable bonds is 24. The molecule has 0 spiro atoms. The molecular weight excluding hydrogens is 479 g/mol. The number of ether oxygens (including phenoxy) is 2. The van der Waals surface area contributed by atoms with Crippen LogP contribution in [-0.2, 0) is 13.8 Å². The van der Waals surface area contributed by atoms with Gasteiger partial charge in [-0.2, -0.15) is 5.26 Å². The summed E-state index contributed by atoms with van der Waals surface area (Å²) in [7, 11) is -4.61. The van der Waals surface area contributed by atoms with Gasteiger partial charge in [0.15, 0.2) is 0 Å². The van der Waals surface area contributed by atoms with Crippen LogP contribution < -0.4 is 4.74 Å². The van der Waals surface area contributed by atoms with Gasteiger partial charge in [-0.05, 0) is 18.6 Å².